The molecule has 0 radical (unpaired) electrons. The third kappa shape index (κ3) is 8.80. The zero-order valence-corrected chi connectivity index (χ0v) is 41.5. The highest BCUT2D eigenvalue weighted by Crippen LogP contribution is 2.45. The third-order valence-corrected chi connectivity index (χ3v) is 15.4. The van der Waals surface area contributed by atoms with E-state index < -0.39 is 36.1 Å². The number of fused-ring (bicyclic) bond motifs is 4. The summed E-state index contributed by atoms with van der Waals surface area (Å²) in [7, 11) is 3.82. The van der Waals surface area contributed by atoms with Crippen LogP contribution >= 0.6 is 0 Å². The van der Waals surface area contributed by atoms with Crippen LogP contribution in [0.5, 0.6) is 5.75 Å². The number of imide groups is 2. The smallest absolute Gasteiger partial charge is 0.264 e. The number of amides is 6. The largest absolute Gasteiger partial charge is 0.492 e. The van der Waals surface area contributed by atoms with Gasteiger partial charge in [-0.2, -0.15) is 5.10 Å². The van der Waals surface area contributed by atoms with Crippen molar-refractivity contribution in [2.45, 2.75) is 83.3 Å². The first-order valence-electron chi connectivity index (χ1n) is 25.3. The van der Waals surface area contributed by atoms with E-state index in [1.54, 1.807) is 31.5 Å². The molecule has 6 aromatic rings. The number of hydrogen-bond donors (Lipinski definition) is 1. The summed E-state index contributed by atoms with van der Waals surface area (Å²) < 4.78 is 40.4. The Labute approximate surface area is 425 Å². The van der Waals surface area contributed by atoms with Gasteiger partial charge < -0.3 is 28.9 Å². The van der Waals surface area contributed by atoms with Crippen LogP contribution in [0.2, 0.25) is 0 Å². The summed E-state index contributed by atoms with van der Waals surface area (Å²) in [5, 5.41) is 8.33. The van der Waals surface area contributed by atoms with E-state index in [9.17, 15) is 28.8 Å². The van der Waals surface area contributed by atoms with E-state index in [2.05, 4.69) is 19.9 Å². The summed E-state index contributed by atoms with van der Waals surface area (Å²) in [4.78, 5) is 90.2. The molecule has 19 heteroatoms. The number of aromatic nitrogens is 4. The Hall–Kier alpha value is -7.96. The molecule has 0 aliphatic carbocycles. The molecule has 382 valence electrons. The number of alkyl halides is 2. The van der Waals surface area contributed by atoms with Crippen molar-refractivity contribution in [1.82, 2.24) is 39.3 Å². The number of ether oxygens (including phenoxy) is 1. The fourth-order valence-electron chi connectivity index (χ4n) is 11.5. The van der Waals surface area contributed by atoms with Gasteiger partial charge in [-0.05, 0) is 97.3 Å². The number of piperidine rings is 2. The van der Waals surface area contributed by atoms with Gasteiger partial charge in [-0.3, -0.25) is 48.6 Å². The molecule has 5 aliphatic heterocycles. The summed E-state index contributed by atoms with van der Waals surface area (Å²) >= 11 is 0. The van der Waals surface area contributed by atoms with E-state index in [0.29, 0.717) is 81.3 Å². The molecule has 6 amide bonds. The maximum absolute atomic E-state index is 15.2. The molecule has 1 N–H and O–H groups in total. The topological polar surface area (TPSA) is 176 Å². The lowest BCUT2D eigenvalue weighted by molar-refractivity contribution is -0.136. The summed E-state index contributed by atoms with van der Waals surface area (Å²) in [5.41, 5.74) is 7.81. The number of anilines is 3. The first-order valence-corrected chi connectivity index (χ1v) is 25.3. The first kappa shape index (κ1) is 48.3. The molecule has 17 nitrogen and oxygen atoms in total. The molecule has 3 aromatic heterocycles. The van der Waals surface area contributed by atoms with Crippen molar-refractivity contribution >= 4 is 63.5 Å². The van der Waals surface area contributed by atoms with E-state index in [1.165, 1.54) is 12.1 Å². The van der Waals surface area contributed by atoms with Crippen LogP contribution in [-0.2, 0) is 52.0 Å². The third-order valence-electron chi connectivity index (χ3n) is 15.4. The number of likely N-dealkylation sites (N-methyl/N-ethyl adjacent to an activating group) is 1. The van der Waals surface area contributed by atoms with Crippen LogP contribution < -0.4 is 19.9 Å². The molecule has 0 bridgehead atoms. The molecule has 2 saturated heterocycles. The predicted molar refractivity (Wildman–Crippen MR) is 270 cm³/mol. The van der Waals surface area contributed by atoms with Crippen molar-refractivity contribution in [1.29, 1.82) is 0 Å². The van der Waals surface area contributed by atoms with Gasteiger partial charge >= 0.3 is 0 Å². The fraction of sp³-hybridized carbons (Fsp3) is 0.382. The number of carbonyl (C=O) groups is 6. The highest BCUT2D eigenvalue weighted by atomic mass is 19.3. The molecule has 8 heterocycles. The Morgan fingerprint density at radius 2 is 1.69 bits per heavy atom. The van der Waals surface area contributed by atoms with Crippen molar-refractivity contribution in [3.05, 3.63) is 118 Å². The number of carbonyl (C=O) groups excluding carboxylic acids is 6. The van der Waals surface area contributed by atoms with Gasteiger partial charge in [-0.25, -0.2) is 8.78 Å². The molecule has 2 fully saturated rings. The number of hydrogen-bond acceptors (Lipinski definition) is 11. The Morgan fingerprint density at radius 3 is 2.47 bits per heavy atom. The van der Waals surface area contributed by atoms with Crippen LogP contribution in [0.4, 0.5) is 26.0 Å². The second kappa shape index (κ2) is 19.5. The lowest BCUT2D eigenvalue weighted by Crippen LogP contribution is -2.54. The standard InChI is InChI=1S/C55H56F2N10O7/c1-32(68)64-21-16-46-44(31-64)52(65-18-5-7-34-26-39(40(51(56)57)28-48(34)65)43-30-62(3)45-13-17-58-29-42(43)45)60-67(46)35-14-19-63(20-15-35)50(70)25-33-6-4-8-36(24-33)61(2)22-23-74-37-9-10-38-41(27-37)55(73)66(54(38)72)47-11-12-49(69)59-53(47)71/h4,6,8-10,13,17,24,26-30,35,47,51H,5,7,11-12,14-16,18-23,25,31H2,1-3H3,(H,59,69,71). The van der Waals surface area contributed by atoms with Gasteiger partial charge in [0.1, 0.15) is 18.4 Å². The Balaban J connectivity index is 0.743. The normalized spacial score (nSPS) is 18.0. The van der Waals surface area contributed by atoms with Crippen LogP contribution in [0.3, 0.4) is 0 Å². The van der Waals surface area contributed by atoms with Gasteiger partial charge in [0.15, 0.2) is 5.82 Å². The van der Waals surface area contributed by atoms with E-state index in [4.69, 9.17) is 9.84 Å². The van der Waals surface area contributed by atoms with Crippen LogP contribution in [0.25, 0.3) is 22.0 Å². The van der Waals surface area contributed by atoms with Crippen LogP contribution in [0, 0.1) is 0 Å². The van der Waals surface area contributed by atoms with Gasteiger partial charge in [0.25, 0.3) is 18.2 Å². The Kier molecular flexibility index (Phi) is 12.7. The van der Waals surface area contributed by atoms with Gasteiger partial charge in [0.05, 0.1) is 42.2 Å². The number of pyridine rings is 1. The van der Waals surface area contributed by atoms with Crippen molar-refractivity contribution in [2.75, 3.05) is 56.2 Å². The van der Waals surface area contributed by atoms with Crippen LogP contribution in [0.1, 0.15) is 100 Å². The fourth-order valence-corrected chi connectivity index (χ4v) is 11.5. The zero-order valence-electron chi connectivity index (χ0n) is 41.5. The molecule has 0 spiro atoms. The van der Waals surface area contributed by atoms with Gasteiger partial charge in [-0.1, -0.05) is 12.1 Å². The molecular formula is C55H56F2N10O7. The molecule has 1 unspecified atom stereocenters. The first-order chi connectivity index (χ1) is 35.7. The number of rotatable bonds is 12. The number of aryl methyl sites for hydroxylation is 2. The number of nitrogens with zero attached hydrogens (tertiary/aromatic N) is 9. The minimum Gasteiger partial charge on any atom is -0.492 e. The number of benzene rings is 3. The maximum Gasteiger partial charge on any atom is 0.264 e. The maximum atomic E-state index is 15.2. The van der Waals surface area contributed by atoms with Crippen molar-refractivity contribution in [2.24, 2.45) is 7.05 Å². The van der Waals surface area contributed by atoms with Crippen molar-refractivity contribution in [3.63, 3.8) is 0 Å². The predicted octanol–water partition coefficient (Wildman–Crippen LogP) is 6.69. The lowest BCUT2D eigenvalue weighted by atomic mass is 9.91. The van der Waals surface area contributed by atoms with E-state index >= 15 is 8.78 Å². The van der Waals surface area contributed by atoms with Crippen molar-refractivity contribution < 1.29 is 42.3 Å². The van der Waals surface area contributed by atoms with Gasteiger partial charge in [0.2, 0.25) is 23.6 Å². The SMILES string of the molecule is CC(=O)N1CCc2c(c(N3CCCc4cc(-c5cn(C)c6ccncc56)c(C(F)F)cc43)nn2C2CCN(C(=O)Cc3cccc(N(C)CCOc4ccc5c(c4)C(=O)N(C4CCC(=O)NC4=O)C5=O)c3)CC2)C1. The second-order valence-corrected chi connectivity index (χ2v) is 19.9. The molecule has 3 aromatic carbocycles. The van der Waals surface area contributed by atoms with Crippen molar-refractivity contribution in [3.8, 4) is 16.9 Å². The average molecular weight is 1010 g/mol. The summed E-state index contributed by atoms with van der Waals surface area (Å²) in [6.45, 7) is 4.88. The Bertz CT molecular complexity index is 3290. The second-order valence-electron chi connectivity index (χ2n) is 19.9. The molecule has 11 rings (SSSR count). The minimum atomic E-state index is -2.73. The van der Waals surface area contributed by atoms with Gasteiger partial charge in [0, 0.05) is 118 Å². The highest BCUT2D eigenvalue weighted by Gasteiger charge is 2.45. The van der Waals surface area contributed by atoms with E-state index in [-0.39, 0.29) is 60.4 Å². The van der Waals surface area contributed by atoms with Crippen LogP contribution in [0.15, 0.2) is 79.3 Å². The average Bonchev–Trinajstić information content (AvgIpc) is 4.04. The van der Waals surface area contributed by atoms with Crippen LogP contribution in [-0.4, -0.2) is 122 Å². The highest BCUT2D eigenvalue weighted by molar-refractivity contribution is 6.23. The Morgan fingerprint density at radius 1 is 0.878 bits per heavy atom. The van der Waals surface area contributed by atoms with E-state index in [1.807, 2.05) is 76.0 Å². The quantitative estimate of drug-likeness (QED) is 0.130. The lowest BCUT2D eigenvalue weighted by Gasteiger charge is -2.34. The minimum absolute atomic E-state index is 0.000157. The molecular weight excluding hydrogens is 951 g/mol. The monoisotopic (exact) mass is 1010 g/mol. The number of likely N-dealkylation sites (tertiary alicyclic amines) is 1. The summed E-state index contributed by atoms with van der Waals surface area (Å²) in [6, 6.07) is 16.8. The zero-order chi connectivity index (χ0) is 51.5. The molecule has 1 atom stereocenters. The number of nitrogens with one attached hydrogen (secondary N) is 1. The molecule has 0 saturated carbocycles. The number of halogens is 2. The molecule has 74 heavy (non-hydrogen) atoms. The van der Waals surface area contributed by atoms with E-state index in [0.717, 1.165) is 62.3 Å². The summed E-state index contributed by atoms with van der Waals surface area (Å²) in [5.74, 6) is -1.21. The summed E-state index contributed by atoms with van der Waals surface area (Å²) in [6.07, 6.45) is 6.42. The van der Waals surface area contributed by atoms with Gasteiger partial charge in [-0.15, -0.1) is 0 Å². The molecule has 5 aliphatic rings.